The molecule has 0 radical (unpaired) electrons. The molecule has 2 aromatic heterocycles. The van der Waals surface area contributed by atoms with E-state index in [0.29, 0.717) is 5.75 Å². The number of nitrogens with one attached hydrogen (secondary N) is 1. The van der Waals surface area contributed by atoms with Crippen LogP contribution in [0.25, 0.3) is 11.6 Å². The molecular weight excluding hydrogens is 562 g/mol. The summed E-state index contributed by atoms with van der Waals surface area (Å²) in [7, 11) is -2.66. The number of ether oxygens (including phenoxy) is 3. The maximum absolute atomic E-state index is 13.5. The van der Waals surface area contributed by atoms with E-state index in [2.05, 4.69) is 24.7 Å². The molecule has 0 amide bonds. The van der Waals surface area contributed by atoms with Gasteiger partial charge in [0.05, 0.1) is 18.6 Å². The van der Waals surface area contributed by atoms with E-state index < -0.39 is 10.0 Å². The van der Waals surface area contributed by atoms with Gasteiger partial charge in [0, 0.05) is 12.4 Å². The SMILES string of the molecule is COc1ccccc1Oc1c(NS(=O)(=O)c2ccc(C(C)(C)C)cc2)nc(-c2ncccn2)nc1OCCO.[Ca+2].[H-].[H-]. The van der Waals surface area contributed by atoms with Crippen molar-refractivity contribution < 1.29 is 30.6 Å². The molecule has 2 aromatic carbocycles. The molecule has 208 valence electrons. The molecule has 4 aromatic rings. The number of para-hydroxylation sites is 2. The molecule has 0 saturated carbocycles. The Bertz CT molecular complexity index is 1540. The molecule has 0 fully saturated rings. The van der Waals surface area contributed by atoms with E-state index in [-0.39, 0.29) is 99.0 Å². The number of rotatable bonds is 10. The minimum Gasteiger partial charge on any atom is -1.00 e. The zero-order valence-electron chi connectivity index (χ0n) is 24.7. The average molecular weight is 594 g/mol. The molecule has 0 aliphatic heterocycles. The largest absolute Gasteiger partial charge is 2.00 e. The molecule has 0 unspecified atom stereocenters. The minimum absolute atomic E-state index is 0. The summed E-state index contributed by atoms with van der Waals surface area (Å²) in [6.45, 7) is 5.65. The van der Waals surface area contributed by atoms with Crippen molar-refractivity contribution in [2.45, 2.75) is 31.1 Å². The number of nitrogens with zero attached hydrogens (tertiary/aromatic N) is 4. The number of aromatic nitrogens is 4. The Morgan fingerprint density at radius 2 is 1.57 bits per heavy atom. The molecule has 0 aliphatic rings. The van der Waals surface area contributed by atoms with Gasteiger partial charge in [-0.25, -0.2) is 23.4 Å². The van der Waals surface area contributed by atoms with Gasteiger partial charge in [-0.3, -0.25) is 4.72 Å². The van der Waals surface area contributed by atoms with Gasteiger partial charge in [-0.15, -0.1) is 0 Å². The van der Waals surface area contributed by atoms with Gasteiger partial charge in [-0.2, -0.15) is 4.98 Å². The van der Waals surface area contributed by atoms with E-state index in [9.17, 15) is 13.5 Å². The van der Waals surface area contributed by atoms with Crippen LogP contribution in [-0.2, 0) is 15.4 Å². The number of benzene rings is 2. The average Bonchev–Trinajstić information content (AvgIpc) is 2.93. The Hall–Kier alpha value is -3.03. The first-order valence-corrected chi connectivity index (χ1v) is 13.5. The van der Waals surface area contributed by atoms with Crippen molar-refractivity contribution in [3.63, 3.8) is 0 Å². The third-order valence-corrected chi connectivity index (χ3v) is 6.83. The van der Waals surface area contributed by atoms with Crippen molar-refractivity contribution in [2.75, 3.05) is 25.0 Å². The molecule has 40 heavy (non-hydrogen) atoms. The van der Waals surface area contributed by atoms with Gasteiger partial charge >= 0.3 is 37.7 Å². The minimum atomic E-state index is -4.14. The molecule has 2 heterocycles. The van der Waals surface area contributed by atoms with E-state index in [0.717, 1.165) is 5.56 Å². The first-order valence-electron chi connectivity index (χ1n) is 12.0. The molecule has 11 nitrogen and oxygen atoms in total. The summed E-state index contributed by atoms with van der Waals surface area (Å²) in [6, 6.07) is 15.0. The Labute approximate surface area is 266 Å². The fraction of sp³-hybridized carbons (Fsp3) is 0.259. The summed E-state index contributed by atoms with van der Waals surface area (Å²) in [5.41, 5.74) is 0.827. The van der Waals surface area contributed by atoms with Crippen LogP contribution in [0, 0.1) is 0 Å². The predicted molar refractivity (Wildman–Crippen MR) is 153 cm³/mol. The van der Waals surface area contributed by atoms with Crippen molar-refractivity contribution in [1.82, 2.24) is 19.9 Å². The maximum atomic E-state index is 13.5. The summed E-state index contributed by atoms with van der Waals surface area (Å²) >= 11 is 0. The fourth-order valence-corrected chi connectivity index (χ4v) is 4.48. The monoisotopic (exact) mass is 593 g/mol. The topological polar surface area (TPSA) is 146 Å². The Balaban J connectivity index is 0.00000294. The third-order valence-electron chi connectivity index (χ3n) is 5.47. The number of anilines is 1. The van der Waals surface area contributed by atoms with E-state index in [1.165, 1.54) is 31.6 Å². The van der Waals surface area contributed by atoms with Gasteiger partial charge in [0.15, 0.2) is 23.1 Å². The predicted octanol–water partition coefficient (Wildman–Crippen LogP) is 4.05. The molecule has 0 atom stereocenters. The van der Waals surface area contributed by atoms with Gasteiger partial charge in [0.2, 0.25) is 11.6 Å². The zero-order chi connectivity index (χ0) is 28.0. The number of sulfonamides is 1. The first-order chi connectivity index (χ1) is 18.6. The van der Waals surface area contributed by atoms with Gasteiger partial charge in [-0.05, 0) is 41.3 Å². The smallest absolute Gasteiger partial charge is 1.00 e. The van der Waals surface area contributed by atoms with E-state index in [1.807, 2.05) is 20.8 Å². The molecule has 13 heteroatoms. The normalized spacial score (nSPS) is 11.3. The number of methoxy groups -OCH3 is 1. The molecule has 0 bridgehead atoms. The fourth-order valence-electron chi connectivity index (χ4n) is 3.48. The van der Waals surface area contributed by atoms with Crippen LogP contribution in [0.15, 0.2) is 71.9 Å². The summed E-state index contributed by atoms with van der Waals surface area (Å²) in [4.78, 5) is 17.1. The molecule has 0 aliphatic carbocycles. The van der Waals surface area contributed by atoms with Gasteiger partial charge in [0.25, 0.3) is 15.9 Å². The van der Waals surface area contributed by atoms with E-state index >= 15 is 0 Å². The molecule has 2 N–H and O–H groups in total. The summed E-state index contributed by atoms with van der Waals surface area (Å²) in [5, 5.41) is 9.40. The van der Waals surface area contributed by atoms with Crippen LogP contribution in [0.5, 0.6) is 23.1 Å². The summed E-state index contributed by atoms with van der Waals surface area (Å²) in [5.74, 6) is 0.271. The number of aliphatic hydroxyl groups is 1. The molecular formula is C27H31CaN5O6S. The standard InChI is InChI=1S/C27H29N5O6S.Ca.2H/c1-27(2,3)18-10-12-19(13-11-18)39(34,35)32-23-22(38-21-9-6-5-8-20(21)36-4)26(37-17-16-33)31-25(30-23)24-28-14-7-15-29-24;;;/h5-15,33H,16-17H2,1-4H3,(H,30,31,32);;;/q;+2;2*-1. The maximum Gasteiger partial charge on any atom is 2.00 e. The van der Waals surface area contributed by atoms with Gasteiger partial charge in [-0.1, -0.05) is 45.0 Å². The second kappa shape index (κ2) is 13.6. The van der Waals surface area contributed by atoms with Crippen molar-refractivity contribution in [3.8, 4) is 34.8 Å². The third kappa shape index (κ3) is 7.58. The number of hydrogen-bond donors (Lipinski definition) is 2. The summed E-state index contributed by atoms with van der Waals surface area (Å²) < 4.78 is 46.6. The Kier molecular flexibility index (Phi) is 10.7. The van der Waals surface area contributed by atoms with Crippen LogP contribution < -0.4 is 18.9 Å². The summed E-state index contributed by atoms with van der Waals surface area (Å²) in [6.07, 6.45) is 3.00. The first kappa shape index (κ1) is 31.5. The Morgan fingerprint density at radius 3 is 2.17 bits per heavy atom. The van der Waals surface area contributed by atoms with Crippen LogP contribution in [0.3, 0.4) is 0 Å². The van der Waals surface area contributed by atoms with Gasteiger partial charge in [0.1, 0.15) is 6.61 Å². The van der Waals surface area contributed by atoms with Crippen molar-refractivity contribution in [1.29, 1.82) is 0 Å². The van der Waals surface area contributed by atoms with Crippen LogP contribution in [0.4, 0.5) is 5.82 Å². The van der Waals surface area contributed by atoms with Crippen molar-refractivity contribution >= 4 is 53.6 Å². The van der Waals surface area contributed by atoms with Crippen molar-refractivity contribution in [3.05, 3.63) is 72.6 Å². The van der Waals surface area contributed by atoms with E-state index in [4.69, 9.17) is 14.2 Å². The van der Waals surface area contributed by atoms with E-state index in [1.54, 1.807) is 42.5 Å². The molecule has 0 spiro atoms. The van der Waals surface area contributed by atoms with Crippen LogP contribution in [0.2, 0.25) is 0 Å². The molecule has 4 rings (SSSR count). The Morgan fingerprint density at radius 1 is 0.925 bits per heavy atom. The zero-order valence-corrected chi connectivity index (χ0v) is 25.7. The van der Waals surface area contributed by atoms with Crippen LogP contribution in [-0.4, -0.2) is 91.5 Å². The van der Waals surface area contributed by atoms with Crippen molar-refractivity contribution in [2.24, 2.45) is 0 Å². The quantitative estimate of drug-likeness (QED) is 0.258. The van der Waals surface area contributed by atoms with Crippen LogP contribution >= 0.6 is 0 Å². The van der Waals surface area contributed by atoms with Crippen LogP contribution in [0.1, 0.15) is 29.2 Å². The number of hydrogen-bond acceptors (Lipinski definition) is 10. The second-order valence-corrected chi connectivity index (χ2v) is 11.0. The van der Waals surface area contributed by atoms with Gasteiger partial charge < -0.3 is 22.2 Å². The molecule has 0 saturated heterocycles. The number of aliphatic hydroxyl groups excluding tert-OH is 1. The second-order valence-electron chi connectivity index (χ2n) is 9.31.